The minimum Gasteiger partial charge on any atom is -0.368 e. The van der Waals surface area contributed by atoms with Gasteiger partial charge in [0.2, 0.25) is 0 Å². The van der Waals surface area contributed by atoms with E-state index in [0.717, 1.165) is 12.2 Å². The Morgan fingerprint density at radius 1 is 1.44 bits per heavy atom. The third-order valence-corrected chi connectivity index (χ3v) is 3.33. The minimum atomic E-state index is 0.695. The first-order valence-corrected chi connectivity index (χ1v) is 6.60. The van der Waals surface area contributed by atoms with Crippen molar-refractivity contribution in [1.29, 1.82) is 0 Å². The number of aryl methyl sites for hydroxylation is 2. The minimum absolute atomic E-state index is 0.695. The Balaban J connectivity index is 1.92. The number of rotatable bonds is 6. The quantitative estimate of drug-likeness (QED) is 0.747. The van der Waals surface area contributed by atoms with Crippen molar-refractivity contribution in [2.45, 2.75) is 65.0 Å². The standard InChI is InChI=1S/C13H23N3/c1-3-4-5-9-16-13(10-11(2)15-16)14-12-7-6-8-12/h10,12,14H,3-9H2,1-2H3. The summed E-state index contributed by atoms with van der Waals surface area (Å²) in [5.74, 6) is 1.22. The van der Waals surface area contributed by atoms with Crippen LogP contribution in [0, 0.1) is 6.92 Å². The number of hydrogen-bond acceptors (Lipinski definition) is 2. The number of aromatic nitrogens is 2. The van der Waals surface area contributed by atoms with Crippen molar-refractivity contribution < 1.29 is 0 Å². The largest absolute Gasteiger partial charge is 0.368 e. The predicted molar refractivity (Wildman–Crippen MR) is 67.8 cm³/mol. The van der Waals surface area contributed by atoms with Gasteiger partial charge in [0.1, 0.15) is 5.82 Å². The molecular weight excluding hydrogens is 198 g/mol. The zero-order chi connectivity index (χ0) is 11.4. The maximum Gasteiger partial charge on any atom is 0.124 e. The Kier molecular flexibility index (Phi) is 3.86. The SMILES string of the molecule is CCCCCn1nc(C)cc1NC1CCC1. The highest BCUT2D eigenvalue weighted by atomic mass is 15.3. The molecule has 0 atom stereocenters. The van der Waals surface area contributed by atoms with Crippen LogP contribution in [0.15, 0.2) is 6.07 Å². The van der Waals surface area contributed by atoms with Crippen LogP contribution in [0.25, 0.3) is 0 Å². The van der Waals surface area contributed by atoms with E-state index in [2.05, 4.69) is 35.0 Å². The maximum atomic E-state index is 4.55. The van der Waals surface area contributed by atoms with Crippen LogP contribution in [0.3, 0.4) is 0 Å². The van der Waals surface area contributed by atoms with E-state index < -0.39 is 0 Å². The molecule has 3 nitrogen and oxygen atoms in total. The van der Waals surface area contributed by atoms with Crippen molar-refractivity contribution in [3.8, 4) is 0 Å². The fourth-order valence-corrected chi connectivity index (χ4v) is 2.11. The van der Waals surface area contributed by atoms with Gasteiger partial charge in [0.15, 0.2) is 0 Å². The van der Waals surface area contributed by atoms with Gasteiger partial charge in [-0.05, 0) is 32.6 Å². The van der Waals surface area contributed by atoms with Crippen LogP contribution >= 0.6 is 0 Å². The lowest BCUT2D eigenvalue weighted by atomic mass is 9.93. The fraction of sp³-hybridized carbons (Fsp3) is 0.769. The lowest BCUT2D eigenvalue weighted by molar-refractivity contribution is 0.439. The van der Waals surface area contributed by atoms with Gasteiger partial charge in [-0.1, -0.05) is 19.8 Å². The van der Waals surface area contributed by atoms with Gasteiger partial charge in [0.25, 0.3) is 0 Å². The third kappa shape index (κ3) is 2.77. The molecule has 2 rings (SSSR count). The van der Waals surface area contributed by atoms with Crippen LogP contribution in [0.5, 0.6) is 0 Å². The van der Waals surface area contributed by atoms with Gasteiger partial charge < -0.3 is 5.32 Å². The van der Waals surface area contributed by atoms with Crippen molar-refractivity contribution in [2.24, 2.45) is 0 Å². The van der Waals surface area contributed by atoms with Gasteiger partial charge in [-0.2, -0.15) is 5.10 Å². The summed E-state index contributed by atoms with van der Waals surface area (Å²) in [5, 5.41) is 8.14. The van der Waals surface area contributed by atoms with Crippen molar-refractivity contribution >= 4 is 5.82 Å². The Morgan fingerprint density at radius 3 is 2.88 bits per heavy atom. The highest BCUT2D eigenvalue weighted by Gasteiger charge is 2.18. The topological polar surface area (TPSA) is 29.9 Å². The monoisotopic (exact) mass is 221 g/mol. The van der Waals surface area contributed by atoms with Gasteiger partial charge in [-0.15, -0.1) is 0 Å². The summed E-state index contributed by atoms with van der Waals surface area (Å²) in [6, 6.07) is 2.87. The molecule has 1 aliphatic carbocycles. The van der Waals surface area contributed by atoms with E-state index in [9.17, 15) is 0 Å². The molecule has 1 saturated carbocycles. The van der Waals surface area contributed by atoms with Gasteiger partial charge in [-0.25, -0.2) is 4.68 Å². The molecule has 0 amide bonds. The van der Waals surface area contributed by atoms with Gasteiger partial charge in [0, 0.05) is 18.7 Å². The predicted octanol–water partition coefficient (Wildman–Crippen LogP) is 3.35. The molecule has 1 aromatic heterocycles. The average Bonchev–Trinajstić information content (AvgIpc) is 2.53. The molecule has 1 aromatic rings. The number of hydrogen-bond donors (Lipinski definition) is 1. The molecule has 16 heavy (non-hydrogen) atoms. The second kappa shape index (κ2) is 5.37. The first-order valence-electron chi connectivity index (χ1n) is 6.60. The summed E-state index contributed by atoms with van der Waals surface area (Å²) in [7, 11) is 0. The molecule has 0 saturated heterocycles. The molecule has 90 valence electrons. The summed E-state index contributed by atoms with van der Waals surface area (Å²) in [4.78, 5) is 0. The van der Waals surface area contributed by atoms with Crippen molar-refractivity contribution in [2.75, 3.05) is 5.32 Å². The van der Waals surface area contributed by atoms with E-state index in [1.54, 1.807) is 0 Å². The van der Waals surface area contributed by atoms with Crippen molar-refractivity contribution in [1.82, 2.24) is 9.78 Å². The van der Waals surface area contributed by atoms with E-state index in [4.69, 9.17) is 0 Å². The first-order chi connectivity index (χ1) is 7.79. The molecule has 1 fully saturated rings. The van der Waals surface area contributed by atoms with Crippen molar-refractivity contribution in [3.63, 3.8) is 0 Å². The molecule has 1 heterocycles. The summed E-state index contributed by atoms with van der Waals surface area (Å²) < 4.78 is 2.14. The molecule has 0 aromatic carbocycles. The van der Waals surface area contributed by atoms with Crippen molar-refractivity contribution in [3.05, 3.63) is 11.8 Å². The molecule has 0 aliphatic heterocycles. The van der Waals surface area contributed by atoms with Gasteiger partial charge >= 0.3 is 0 Å². The molecule has 0 unspecified atom stereocenters. The average molecular weight is 221 g/mol. The summed E-state index contributed by atoms with van der Waals surface area (Å²) in [5.41, 5.74) is 1.12. The van der Waals surface area contributed by atoms with Crippen LogP contribution in [-0.2, 0) is 6.54 Å². The van der Waals surface area contributed by atoms with E-state index in [0.29, 0.717) is 6.04 Å². The van der Waals surface area contributed by atoms with E-state index in [1.807, 2.05) is 0 Å². The molecule has 0 radical (unpaired) electrons. The summed E-state index contributed by atoms with van der Waals surface area (Å²) in [6.07, 6.45) is 7.81. The second-order valence-electron chi connectivity index (χ2n) is 4.87. The zero-order valence-electron chi connectivity index (χ0n) is 10.5. The Labute approximate surface area is 98.2 Å². The van der Waals surface area contributed by atoms with Crippen LogP contribution in [-0.4, -0.2) is 15.8 Å². The number of nitrogens with zero attached hydrogens (tertiary/aromatic N) is 2. The molecule has 3 heteroatoms. The van der Waals surface area contributed by atoms with Crippen LogP contribution < -0.4 is 5.32 Å². The van der Waals surface area contributed by atoms with Crippen LogP contribution in [0.1, 0.15) is 51.1 Å². The lowest BCUT2D eigenvalue weighted by Gasteiger charge is -2.27. The summed E-state index contributed by atoms with van der Waals surface area (Å²) >= 11 is 0. The third-order valence-electron chi connectivity index (χ3n) is 3.33. The van der Waals surface area contributed by atoms with E-state index in [1.165, 1.54) is 44.3 Å². The Hall–Kier alpha value is -0.990. The van der Waals surface area contributed by atoms with Crippen LogP contribution in [0.2, 0.25) is 0 Å². The second-order valence-corrected chi connectivity index (χ2v) is 4.87. The number of nitrogens with one attached hydrogen (secondary N) is 1. The Morgan fingerprint density at radius 2 is 2.25 bits per heavy atom. The highest BCUT2D eigenvalue weighted by molar-refractivity contribution is 5.38. The van der Waals surface area contributed by atoms with Gasteiger partial charge in [0.05, 0.1) is 5.69 Å². The van der Waals surface area contributed by atoms with E-state index in [-0.39, 0.29) is 0 Å². The number of anilines is 1. The molecule has 0 spiro atoms. The van der Waals surface area contributed by atoms with E-state index >= 15 is 0 Å². The molecular formula is C13H23N3. The fourth-order valence-electron chi connectivity index (χ4n) is 2.11. The molecule has 1 aliphatic rings. The van der Waals surface area contributed by atoms with Gasteiger partial charge in [-0.3, -0.25) is 0 Å². The lowest BCUT2D eigenvalue weighted by Crippen LogP contribution is -2.28. The summed E-state index contributed by atoms with van der Waals surface area (Å²) in [6.45, 7) is 5.36. The number of unbranched alkanes of at least 4 members (excludes halogenated alkanes) is 2. The normalized spacial score (nSPS) is 16.1. The highest BCUT2D eigenvalue weighted by Crippen LogP contribution is 2.23. The Bertz CT molecular complexity index is 326. The van der Waals surface area contributed by atoms with Crippen LogP contribution in [0.4, 0.5) is 5.82 Å². The smallest absolute Gasteiger partial charge is 0.124 e. The first kappa shape index (κ1) is 11.5. The zero-order valence-corrected chi connectivity index (χ0v) is 10.5. The molecule has 0 bridgehead atoms. The maximum absolute atomic E-state index is 4.55. The molecule has 1 N–H and O–H groups in total.